The van der Waals surface area contributed by atoms with Crippen LogP contribution in [0.1, 0.15) is 18.9 Å². The summed E-state index contributed by atoms with van der Waals surface area (Å²) in [5.74, 6) is 0.249. The Kier molecular flexibility index (Phi) is 4.90. The lowest BCUT2D eigenvalue weighted by molar-refractivity contribution is 0.571. The molecule has 0 amide bonds. The van der Waals surface area contributed by atoms with Crippen molar-refractivity contribution in [3.63, 3.8) is 0 Å². The van der Waals surface area contributed by atoms with Crippen LogP contribution in [0.15, 0.2) is 18.2 Å². The summed E-state index contributed by atoms with van der Waals surface area (Å²) in [5.41, 5.74) is 1.10. The van der Waals surface area contributed by atoms with E-state index >= 15 is 0 Å². The fourth-order valence-electron chi connectivity index (χ4n) is 1.31. The SMILES string of the molecule is CCC(CBr)Cc1ccc(F)c(Cl)c1. The molecule has 1 aromatic carbocycles. The summed E-state index contributed by atoms with van der Waals surface area (Å²) in [6.45, 7) is 2.15. The number of benzene rings is 1. The third-order valence-electron chi connectivity index (χ3n) is 2.30. The van der Waals surface area contributed by atoms with E-state index in [2.05, 4.69) is 22.9 Å². The molecule has 0 saturated carbocycles. The number of halogens is 3. The molecule has 0 N–H and O–H groups in total. The first kappa shape index (κ1) is 12.0. The molecule has 1 atom stereocenters. The van der Waals surface area contributed by atoms with E-state index in [1.165, 1.54) is 6.07 Å². The summed E-state index contributed by atoms with van der Waals surface area (Å²) in [4.78, 5) is 0. The molecule has 78 valence electrons. The second-order valence-corrected chi connectivity index (χ2v) is 4.44. The van der Waals surface area contributed by atoms with E-state index < -0.39 is 0 Å². The smallest absolute Gasteiger partial charge is 0.141 e. The van der Waals surface area contributed by atoms with Gasteiger partial charge in [0.25, 0.3) is 0 Å². The molecule has 14 heavy (non-hydrogen) atoms. The van der Waals surface area contributed by atoms with E-state index in [1.807, 2.05) is 0 Å². The van der Waals surface area contributed by atoms with Gasteiger partial charge in [-0.2, -0.15) is 0 Å². The van der Waals surface area contributed by atoms with Crippen LogP contribution < -0.4 is 0 Å². The van der Waals surface area contributed by atoms with Crippen molar-refractivity contribution >= 4 is 27.5 Å². The third-order valence-corrected chi connectivity index (χ3v) is 3.51. The average Bonchev–Trinajstić information content (AvgIpc) is 2.19. The molecule has 0 radical (unpaired) electrons. The van der Waals surface area contributed by atoms with Crippen LogP contribution in [0.5, 0.6) is 0 Å². The van der Waals surface area contributed by atoms with Gasteiger partial charge in [-0.1, -0.05) is 46.9 Å². The minimum Gasteiger partial charge on any atom is -0.205 e. The van der Waals surface area contributed by atoms with Crippen molar-refractivity contribution in [3.8, 4) is 0 Å². The predicted molar refractivity (Wildman–Crippen MR) is 62.7 cm³/mol. The number of hydrogen-bond acceptors (Lipinski definition) is 0. The summed E-state index contributed by atoms with van der Waals surface area (Å²) < 4.78 is 12.9. The van der Waals surface area contributed by atoms with E-state index in [0.29, 0.717) is 5.92 Å². The molecule has 0 spiro atoms. The summed E-state index contributed by atoms with van der Waals surface area (Å²) in [5, 5.41) is 1.19. The molecule has 0 heterocycles. The second kappa shape index (κ2) is 5.72. The van der Waals surface area contributed by atoms with Gasteiger partial charge >= 0.3 is 0 Å². The Morgan fingerprint density at radius 2 is 2.21 bits per heavy atom. The zero-order chi connectivity index (χ0) is 10.6. The van der Waals surface area contributed by atoms with Crippen LogP contribution in [0.25, 0.3) is 0 Å². The van der Waals surface area contributed by atoms with Crippen molar-refractivity contribution in [3.05, 3.63) is 34.6 Å². The highest BCUT2D eigenvalue weighted by molar-refractivity contribution is 9.09. The summed E-state index contributed by atoms with van der Waals surface area (Å²) in [6, 6.07) is 4.94. The lowest BCUT2D eigenvalue weighted by Crippen LogP contribution is -2.04. The van der Waals surface area contributed by atoms with E-state index in [1.54, 1.807) is 12.1 Å². The van der Waals surface area contributed by atoms with E-state index in [4.69, 9.17) is 11.6 Å². The van der Waals surface area contributed by atoms with E-state index in [9.17, 15) is 4.39 Å². The van der Waals surface area contributed by atoms with Crippen molar-refractivity contribution in [2.45, 2.75) is 19.8 Å². The number of hydrogen-bond donors (Lipinski definition) is 0. The average molecular weight is 280 g/mol. The van der Waals surface area contributed by atoms with E-state index in [0.717, 1.165) is 23.7 Å². The highest BCUT2D eigenvalue weighted by atomic mass is 79.9. The molecular weight excluding hydrogens is 266 g/mol. The van der Waals surface area contributed by atoms with Gasteiger partial charge in [-0.25, -0.2) is 4.39 Å². The van der Waals surface area contributed by atoms with Crippen molar-refractivity contribution in [2.75, 3.05) is 5.33 Å². The zero-order valence-corrected chi connectivity index (χ0v) is 10.4. The fraction of sp³-hybridized carbons (Fsp3) is 0.455. The van der Waals surface area contributed by atoms with Crippen LogP contribution in [0, 0.1) is 11.7 Å². The molecule has 0 saturated heterocycles. The minimum absolute atomic E-state index is 0.215. The van der Waals surface area contributed by atoms with Crippen LogP contribution in [0.2, 0.25) is 5.02 Å². The molecule has 3 heteroatoms. The summed E-state index contributed by atoms with van der Waals surface area (Å²) in [6.07, 6.45) is 2.06. The van der Waals surface area contributed by atoms with Crippen LogP contribution in [0.3, 0.4) is 0 Å². The number of rotatable bonds is 4. The predicted octanol–water partition coefficient (Wildman–Crippen LogP) is 4.44. The van der Waals surface area contributed by atoms with Gasteiger partial charge in [-0.3, -0.25) is 0 Å². The molecule has 0 aliphatic heterocycles. The van der Waals surface area contributed by atoms with Gasteiger partial charge in [-0.05, 0) is 30.0 Å². The lowest BCUT2D eigenvalue weighted by Gasteiger charge is -2.11. The van der Waals surface area contributed by atoms with Gasteiger partial charge in [0.2, 0.25) is 0 Å². The van der Waals surface area contributed by atoms with Gasteiger partial charge in [0.05, 0.1) is 5.02 Å². The fourth-order valence-corrected chi connectivity index (χ4v) is 2.20. The van der Waals surface area contributed by atoms with Crippen molar-refractivity contribution in [2.24, 2.45) is 5.92 Å². The maximum Gasteiger partial charge on any atom is 0.141 e. The normalized spacial score (nSPS) is 12.9. The largest absolute Gasteiger partial charge is 0.205 e. The molecule has 0 fully saturated rings. The Hall–Kier alpha value is -0.0800. The second-order valence-electron chi connectivity index (χ2n) is 3.38. The monoisotopic (exact) mass is 278 g/mol. The summed E-state index contributed by atoms with van der Waals surface area (Å²) >= 11 is 9.16. The topological polar surface area (TPSA) is 0 Å². The molecule has 1 rings (SSSR count). The minimum atomic E-state index is -0.345. The van der Waals surface area contributed by atoms with Crippen molar-refractivity contribution < 1.29 is 4.39 Å². The van der Waals surface area contributed by atoms with Gasteiger partial charge in [0.15, 0.2) is 0 Å². The van der Waals surface area contributed by atoms with Crippen LogP contribution in [-0.2, 0) is 6.42 Å². The molecule has 0 nitrogen and oxygen atoms in total. The Balaban J connectivity index is 2.72. The van der Waals surface area contributed by atoms with Gasteiger partial charge in [-0.15, -0.1) is 0 Å². The molecule has 0 aliphatic carbocycles. The Morgan fingerprint density at radius 1 is 1.50 bits per heavy atom. The van der Waals surface area contributed by atoms with Crippen molar-refractivity contribution in [1.82, 2.24) is 0 Å². The first-order valence-electron chi connectivity index (χ1n) is 4.67. The molecule has 0 aliphatic rings. The lowest BCUT2D eigenvalue weighted by atomic mass is 9.99. The van der Waals surface area contributed by atoms with Gasteiger partial charge in [0.1, 0.15) is 5.82 Å². The maximum atomic E-state index is 12.9. The van der Waals surface area contributed by atoms with Gasteiger partial charge < -0.3 is 0 Å². The molecular formula is C11H13BrClF. The van der Waals surface area contributed by atoms with Crippen LogP contribution >= 0.6 is 27.5 Å². The Labute approximate surface area is 97.6 Å². The third kappa shape index (κ3) is 3.25. The van der Waals surface area contributed by atoms with Crippen LogP contribution in [-0.4, -0.2) is 5.33 Å². The zero-order valence-electron chi connectivity index (χ0n) is 8.06. The molecule has 0 aromatic heterocycles. The molecule has 1 aromatic rings. The molecule has 1 unspecified atom stereocenters. The first-order valence-corrected chi connectivity index (χ1v) is 6.17. The Bertz CT molecular complexity index is 297. The molecule has 0 bridgehead atoms. The Morgan fingerprint density at radius 3 is 2.71 bits per heavy atom. The van der Waals surface area contributed by atoms with Crippen LogP contribution in [0.4, 0.5) is 4.39 Å². The summed E-state index contributed by atoms with van der Waals surface area (Å²) in [7, 11) is 0. The standard InChI is InChI=1S/C11H13BrClF/c1-2-8(7-12)5-9-3-4-11(14)10(13)6-9/h3-4,6,8H,2,5,7H2,1H3. The highest BCUT2D eigenvalue weighted by Gasteiger charge is 2.07. The van der Waals surface area contributed by atoms with E-state index in [-0.39, 0.29) is 10.8 Å². The van der Waals surface area contributed by atoms with Gasteiger partial charge in [0, 0.05) is 5.33 Å². The quantitative estimate of drug-likeness (QED) is 0.715. The van der Waals surface area contributed by atoms with Crippen molar-refractivity contribution in [1.29, 1.82) is 0 Å². The maximum absolute atomic E-state index is 12.9. The highest BCUT2D eigenvalue weighted by Crippen LogP contribution is 2.20. The number of alkyl halides is 1. The first-order chi connectivity index (χ1) is 6.67.